The van der Waals surface area contributed by atoms with Crippen molar-refractivity contribution >= 4 is 17.3 Å². The summed E-state index contributed by atoms with van der Waals surface area (Å²) in [7, 11) is 0. The van der Waals surface area contributed by atoms with Gasteiger partial charge in [-0.2, -0.15) is 13.2 Å². The van der Waals surface area contributed by atoms with Crippen molar-refractivity contribution in [2.24, 2.45) is 5.92 Å². The molecular weight excluding hydrogens is 399 g/mol. The van der Waals surface area contributed by atoms with Gasteiger partial charge in [0.2, 0.25) is 5.56 Å². The van der Waals surface area contributed by atoms with Crippen LogP contribution in [0.25, 0.3) is 0 Å². The first-order chi connectivity index (χ1) is 14.2. The minimum Gasteiger partial charge on any atom is -0.381 e. The molecule has 1 aromatic heterocycles. The van der Waals surface area contributed by atoms with Gasteiger partial charge in [-0.25, -0.2) is 0 Å². The maximum Gasteiger partial charge on any atom is 0.416 e. The fourth-order valence-corrected chi connectivity index (χ4v) is 4.23. The zero-order valence-corrected chi connectivity index (χ0v) is 16.6. The monoisotopic (exact) mass is 421 g/mol. The second kappa shape index (κ2) is 7.46. The number of carbonyl (C=O) groups excluding carboxylic acids is 1. The molecule has 3 heterocycles. The van der Waals surface area contributed by atoms with Gasteiger partial charge in [0.15, 0.2) is 0 Å². The third-order valence-electron chi connectivity index (χ3n) is 5.78. The quantitative estimate of drug-likeness (QED) is 0.806. The molecule has 1 fully saturated rings. The van der Waals surface area contributed by atoms with Gasteiger partial charge in [0.05, 0.1) is 35.8 Å². The number of alkyl halides is 3. The van der Waals surface area contributed by atoms with E-state index in [1.54, 1.807) is 13.0 Å². The number of carbonyl (C=O) groups is 1. The Bertz CT molecular complexity index is 1030. The van der Waals surface area contributed by atoms with Crippen LogP contribution in [0, 0.1) is 12.8 Å². The summed E-state index contributed by atoms with van der Waals surface area (Å²) < 4.78 is 45.6. The predicted octanol–water partition coefficient (Wildman–Crippen LogP) is 3.55. The topological polar surface area (TPSA) is 65.6 Å². The van der Waals surface area contributed by atoms with E-state index in [0.717, 1.165) is 12.1 Å². The Hall–Kier alpha value is -2.81. The summed E-state index contributed by atoms with van der Waals surface area (Å²) >= 11 is 0. The van der Waals surface area contributed by atoms with Crippen LogP contribution in [0.1, 0.15) is 35.0 Å². The minimum absolute atomic E-state index is 0.0767. The number of hydrogen-bond donors (Lipinski definition) is 1. The number of amides is 1. The van der Waals surface area contributed by atoms with Gasteiger partial charge in [0, 0.05) is 24.4 Å². The van der Waals surface area contributed by atoms with Crippen LogP contribution < -0.4 is 15.4 Å². The predicted molar refractivity (Wildman–Crippen MR) is 106 cm³/mol. The van der Waals surface area contributed by atoms with Crippen LogP contribution in [0.15, 0.2) is 35.1 Å². The zero-order valence-electron chi connectivity index (χ0n) is 16.6. The van der Waals surface area contributed by atoms with Crippen molar-refractivity contribution in [3.8, 4) is 0 Å². The summed E-state index contributed by atoms with van der Waals surface area (Å²) in [5.74, 6) is -0.322. The molecule has 2 atom stereocenters. The molecule has 1 saturated heterocycles. The molecule has 0 unspecified atom stereocenters. The van der Waals surface area contributed by atoms with Gasteiger partial charge in [-0.15, -0.1) is 0 Å². The number of H-pyrrole nitrogens is 1. The van der Waals surface area contributed by atoms with Crippen LogP contribution in [0.4, 0.5) is 24.5 Å². The highest BCUT2D eigenvalue weighted by atomic mass is 19.4. The van der Waals surface area contributed by atoms with Gasteiger partial charge in [0.1, 0.15) is 0 Å². The second-order valence-electron chi connectivity index (χ2n) is 7.82. The number of ether oxygens (including phenoxy) is 1. The van der Waals surface area contributed by atoms with Gasteiger partial charge in [-0.3, -0.25) is 14.5 Å². The summed E-state index contributed by atoms with van der Waals surface area (Å²) in [5.41, 5.74) is 0.463. The van der Waals surface area contributed by atoms with E-state index in [2.05, 4.69) is 4.98 Å². The van der Waals surface area contributed by atoms with E-state index in [1.165, 1.54) is 17.0 Å². The van der Waals surface area contributed by atoms with Gasteiger partial charge < -0.3 is 14.6 Å². The molecule has 1 aromatic carbocycles. The number of aryl methyl sites for hydroxylation is 1. The molecule has 0 radical (unpaired) electrons. The lowest BCUT2D eigenvalue weighted by molar-refractivity contribution is -0.137. The van der Waals surface area contributed by atoms with Crippen molar-refractivity contribution in [2.45, 2.75) is 32.5 Å². The Labute approximate surface area is 171 Å². The van der Waals surface area contributed by atoms with Crippen molar-refractivity contribution in [3.05, 3.63) is 57.5 Å². The number of hydrogen-bond acceptors (Lipinski definition) is 4. The van der Waals surface area contributed by atoms with Crippen LogP contribution in [0.5, 0.6) is 0 Å². The van der Waals surface area contributed by atoms with Crippen molar-refractivity contribution in [2.75, 3.05) is 29.7 Å². The van der Waals surface area contributed by atoms with Gasteiger partial charge >= 0.3 is 6.18 Å². The normalized spacial score (nSPS) is 22.2. The molecule has 2 aromatic rings. The standard InChI is InChI=1S/C21H22F3N3O3/c1-12-10-30-8-7-16(12)26-11-27(17-5-6-19(28)25-13(17)2)20(29)15-4-3-14(9-18(15)26)21(22,23)24/h3-6,9,12,16H,7-8,10-11H2,1-2H3,(H,25,28)/t12-,16+/m0/s1. The SMILES string of the molecule is Cc1[nH]c(=O)ccc1N1CN([C@@H]2CCOC[C@@H]2C)c2cc(C(F)(F)F)ccc2C1=O. The highest BCUT2D eigenvalue weighted by Gasteiger charge is 2.39. The summed E-state index contributed by atoms with van der Waals surface area (Å²) in [6.45, 7) is 4.78. The Kier molecular flexibility index (Phi) is 5.09. The fraction of sp³-hybridized carbons (Fsp3) is 0.429. The van der Waals surface area contributed by atoms with E-state index in [9.17, 15) is 22.8 Å². The molecule has 1 amide bonds. The number of aromatic nitrogens is 1. The first-order valence-electron chi connectivity index (χ1n) is 9.74. The van der Waals surface area contributed by atoms with E-state index in [-0.39, 0.29) is 35.4 Å². The molecule has 0 spiro atoms. The van der Waals surface area contributed by atoms with E-state index in [4.69, 9.17) is 4.74 Å². The fourth-order valence-electron chi connectivity index (χ4n) is 4.23. The molecule has 9 heteroatoms. The van der Waals surface area contributed by atoms with Crippen molar-refractivity contribution in [1.29, 1.82) is 0 Å². The van der Waals surface area contributed by atoms with Gasteiger partial charge in [0.25, 0.3) is 5.91 Å². The van der Waals surface area contributed by atoms with Crippen LogP contribution in [0.2, 0.25) is 0 Å². The minimum atomic E-state index is -4.50. The number of benzene rings is 1. The average Bonchev–Trinajstić information content (AvgIpc) is 2.69. The molecule has 160 valence electrons. The first kappa shape index (κ1) is 20.5. The first-order valence-corrected chi connectivity index (χ1v) is 9.74. The maximum atomic E-state index is 13.4. The van der Waals surface area contributed by atoms with Gasteiger partial charge in [-0.1, -0.05) is 6.92 Å². The molecule has 0 saturated carbocycles. The Morgan fingerprint density at radius 3 is 2.57 bits per heavy atom. The number of halogens is 3. The third kappa shape index (κ3) is 3.58. The lowest BCUT2D eigenvalue weighted by Gasteiger charge is -2.46. The number of aromatic amines is 1. The molecular formula is C21H22F3N3O3. The highest BCUT2D eigenvalue weighted by Crippen LogP contribution is 2.39. The lowest BCUT2D eigenvalue weighted by Crippen LogP contribution is -2.55. The summed E-state index contributed by atoms with van der Waals surface area (Å²) in [5, 5.41) is 0. The number of nitrogens with one attached hydrogen (secondary N) is 1. The van der Waals surface area contributed by atoms with Crippen LogP contribution in [-0.2, 0) is 10.9 Å². The van der Waals surface area contributed by atoms with Gasteiger partial charge in [-0.05, 0) is 43.5 Å². The molecule has 6 nitrogen and oxygen atoms in total. The van der Waals surface area contributed by atoms with Crippen LogP contribution in [-0.4, -0.2) is 36.8 Å². The van der Waals surface area contributed by atoms with Crippen molar-refractivity contribution in [3.63, 3.8) is 0 Å². The Morgan fingerprint density at radius 2 is 1.90 bits per heavy atom. The molecule has 2 aliphatic rings. The van der Waals surface area contributed by atoms with E-state index >= 15 is 0 Å². The van der Waals surface area contributed by atoms with Crippen molar-refractivity contribution in [1.82, 2.24) is 4.98 Å². The zero-order chi connectivity index (χ0) is 21.6. The smallest absolute Gasteiger partial charge is 0.381 e. The summed E-state index contributed by atoms with van der Waals surface area (Å²) in [4.78, 5) is 30.9. The van der Waals surface area contributed by atoms with Crippen LogP contribution >= 0.6 is 0 Å². The second-order valence-corrected chi connectivity index (χ2v) is 7.82. The summed E-state index contributed by atoms with van der Waals surface area (Å²) in [6.07, 6.45) is -3.86. The third-order valence-corrected chi connectivity index (χ3v) is 5.78. The Morgan fingerprint density at radius 1 is 1.13 bits per heavy atom. The number of fused-ring (bicyclic) bond motifs is 1. The van der Waals surface area contributed by atoms with E-state index < -0.39 is 17.6 Å². The van der Waals surface area contributed by atoms with E-state index in [1.807, 2.05) is 11.8 Å². The summed E-state index contributed by atoms with van der Waals surface area (Å²) in [6, 6.07) is 6.05. The molecule has 0 bridgehead atoms. The van der Waals surface area contributed by atoms with Crippen LogP contribution in [0.3, 0.4) is 0 Å². The van der Waals surface area contributed by atoms with Crippen molar-refractivity contribution < 1.29 is 22.7 Å². The highest BCUT2D eigenvalue weighted by molar-refractivity contribution is 6.12. The van der Waals surface area contributed by atoms with E-state index in [0.29, 0.717) is 31.0 Å². The largest absolute Gasteiger partial charge is 0.416 e. The number of pyridine rings is 1. The number of anilines is 2. The molecule has 4 rings (SSSR count). The molecule has 30 heavy (non-hydrogen) atoms. The Balaban J connectivity index is 1.84. The molecule has 1 N–H and O–H groups in total. The molecule has 2 aliphatic heterocycles. The maximum absolute atomic E-state index is 13.4. The number of rotatable bonds is 2. The lowest BCUT2D eigenvalue weighted by atomic mass is 9.93. The average molecular weight is 421 g/mol. The molecule has 0 aliphatic carbocycles. The number of nitrogens with zero attached hydrogens (tertiary/aromatic N) is 2.